The highest BCUT2D eigenvalue weighted by atomic mass is 32.2. The van der Waals surface area contributed by atoms with Gasteiger partial charge in [0.05, 0.1) is 5.60 Å². The van der Waals surface area contributed by atoms with Crippen LogP contribution in [0.2, 0.25) is 0 Å². The standard InChI is InChI=1S/C18H32N4O3S/c1-22(2)16(23)12-19-17(20-14-3-7-24-8-4-14)21-15-5-9-25-18(11-15)6-10-26-13-18/h14-15H,3-13H2,1-2H3,(H2,19,20,21). The summed E-state index contributed by atoms with van der Waals surface area (Å²) < 4.78 is 11.6. The van der Waals surface area contributed by atoms with Gasteiger partial charge in [0, 0.05) is 51.8 Å². The van der Waals surface area contributed by atoms with Gasteiger partial charge in [0.15, 0.2) is 5.96 Å². The van der Waals surface area contributed by atoms with Crippen LogP contribution in [0.1, 0.15) is 32.1 Å². The van der Waals surface area contributed by atoms with Crippen LogP contribution >= 0.6 is 11.8 Å². The van der Waals surface area contributed by atoms with E-state index in [1.165, 1.54) is 5.75 Å². The van der Waals surface area contributed by atoms with E-state index in [0.29, 0.717) is 12.1 Å². The molecule has 0 radical (unpaired) electrons. The van der Waals surface area contributed by atoms with Gasteiger partial charge in [-0.3, -0.25) is 4.79 Å². The molecule has 1 spiro atoms. The van der Waals surface area contributed by atoms with Crippen LogP contribution in [0.15, 0.2) is 4.99 Å². The van der Waals surface area contributed by atoms with Gasteiger partial charge in [0.1, 0.15) is 6.54 Å². The maximum Gasteiger partial charge on any atom is 0.243 e. The van der Waals surface area contributed by atoms with Gasteiger partial charge >= 0.3 is 0 Å². The minimum absolute atomic E-state index is 0.00807. The van der Waals surface area contributed by atoms with E-state index in [1.807, 2.05) is 11.8 Å². The fraction of sp³-hybridized carbons (Fsp3) is 0.889. The van der Waals surface area contributed by atoms with Gasteiger partial charge in [0.2, 0.25) is 5.91 Å². The molecule has 7 nitrogen and oxygen atoms in total. The zero-order valence-electron chi connectivity index (χ0n) is 16.0. The first kappa shape index (κ1) is 19.8. The molecule has 3 saturated heterocycles. The van der Waals surface area contributed by atoms with Crippen molar-refractivity contribution in [3.8, 4) is 0 Å². The molecule has 0 saturated carbocycles. The number of nitrogens with zero attached hydrogens (tertiary/aromatic N) is 2. The number of nitrogens with one attached hydrogen (secondary N) is 2. The molecule has 3 heterocycles. The Morgan fingerprint density at radius 1 is 1.19 bits per heavy atom. The highest BCUT2D eigenvalue weighted by Gasteiger charge is 2.40. The summed E-state index contributed by atoms with van der Waals surface area (Å²) in [6, 6.07) is 0.684. The number of carbonyl (C=O) groups is 1. The second kappa shape index (κ2) is 9.28. The Hall–Kier alpha value is -0.990. The Balaban J connectivity index is 1.61. The largest absolute Gasteiger partial charge is 0.381 e. The average molecular weight is 385 g/mol. The molecular formula is C18H32N4O3S. The van der Waals surface area contributed by atoms with E-state index >= 15 is 0 Å². The third-order valence-corrected chi connectivity index (χ3v) is 6.56. The second-order valence-electron chi connectivity index (χ2n) is 7.65. The van der Waals surface area contributed by atoms with E-state index < -0.39 is 0 Å². The van der Waals surface area contributed by atoms with Crippen LogP contribution in [0.25, 0.3) is 0 Å². The van der Waals surface area contributed by atoms with Crippen molar-refractivity contribution < 1.29 is 14.3 Å². The van der Waals surface area contributed by atoms with Crippen LogP contribution in [-0.2, 0) is 14.3 Å². The van der Waals surface area contributed by atoms with Crippen LogP contribution < -0.4 is 10.6 Å². The number of hydrogen-bond acceptors (Lipinski definition) is 5. The van der Waals surface area contributed by atoms with Gasteiger partial charge in [0.25, 0.3) is 0 Å². The Bertz CT molecular complexity index is 503. The number of aliphatic imine (C=N–C) groups is 1. The Morgan fingerprint density at radius 3 is 2.62 bits per heavy atom. The van der Waals surface area contributed by atoms with Crippen LogP contribution in [0.3, 0.4) is 0 Å². The maximum atomic E-state index is 12.0. The molecular weight excluding hydrogens is 352 g/mol. The van der Waals surface area contributed by atoms with E-state index in [2.05, 4.69) is 15.6 Å². The quantitative estimate of drug-likeness (QED) is 0.553. The molecule has 8 heteroatoms. The summed E-state index contributed by atoms with van der Waals surface area (Å²) in [7, 11) is 3.52. The number of carbonyl (C=O) groups excluding carboxylic acids is 1. The zero-order valence-corrected chi connectivity index (χ0v) is 16.8. The molecule has 2 atom stereocenters. The van der Waals surface area contributed by atoms with Gasteiger partial charge < -0.3 is 25.0 Å². The number of thioether (sulfide) groups is 1. The lowest BCUT2D eigenvalue weighted by molar-refractivity contribution is -0.127. The lowest BCUT2D eigenvalue weighted by Crippen LogP contribution is -2.54. The first-order chi connectivity index (χ1) is 12.6. The van der Waals surface area contributed by atoms with E-state index in [0.717, 1.165) is 63.6 Å². The predicted molar refractivity (Wildman–Crippen MR) is 105 cm³/mol. The van der Waals surface area contributed by atoms with Crippen LogP contribution in [0.4, 0.5) is 0 Å². The summed E-state index contributed by atoms with van der Waals surface area (Å²) in [6.45, 7) is 2.51. The summed E-state index contributed by atoms with van der Waals surface area (Å²) >= 11 is 1.98. The molecule has 0 aromatic rings. The van der Waals surface area contributed by atoms with Gasteiger partial charge in [-0.1, -0.05) is 0 Å². The molecule has 3 aliphatic heterocycles. The molecule has 1 amide bonds. The lowest BCUT2D eigenvalue weighted by Gasteiger charge is -2.39. The molecule has 0 aliphatic carbocycles. The highest BCUT2D eigenvalue weighted by molar-refractivity contribution is 7.99. The van der Waals surface area contributed by atoms with Gasteiger partial charge in [-0.15, -0.1) is 0 Å². The zero-order chi connectivity index (χ0) is 18.4. The van der Waals surface area contributed by atoms with Crippen molar-refractivity contribution >= 4 is 23.6 Å². The summed E-state index contributed by atoms with van der Waals surface area (Å²) in [5, 5.41) is 7.11. The Kier molecular flexibility index (Phi) is 7.05. The predicted octanol–water partition coefficient (Wildman–Crippen LogP) is 0.844. The molecule has 2 unspecified atom stereocenters. The fourth-order valence-corrected chi connectivity index (χ4v) is 5.04. The van der Waals surface area contributed by atoms with Crippen molar-refractivity contribution in [2.75, 3.05) is 52.0 Å². The summed E-state index contributed by atoms with van der Waals surface area (Å²) in [5.41, 5.74) is 0.0316. The monoisotopic (exact) mass is 384 g/mol. The van der Waals surface area contributed by atoms with E-state index in [1.54, 1.807) is 19.0 Å². The first-order valence-electron chi connectivity index (χ1n) is 9.63. The molecule has 0 aromatic carbocycles. The summed E-state index contributed by atoms with van der Waals surface area (Å²) in [5.74, 6) is 3.03. The molecule has 26 heavy (non-hydrogen) atoms. The summed E-state index contributed by atoms with van der Waals surface area (Å²) in [6.07, 6.45) is 5.06. The average Bonchev–Trinajstić information content (AvgIpc) is 3.07. The van der Waals surface area contributed by atoms with E-state index in [9.17, 15) is 4.79 Å². The SMILES string of the molecule is CN(C)C(=O)CN=C(NC1CCOCC1)NC1CCOC2(CCSC2)C1. The van der Waals surface area contributed by atoms with Crippen molar-refractivity contribution in [2.24, 2.45) is 4.99 Å². The number of ether oxygens (including phenoxy) is 2. The fourth-order valence-electron chi connectivity index (χ4n) is 3.66. The third-order valence-electron chi connectivity index (χ3n) is 5.33. The van der Waals surface area contributed by atoms with E-state index in [-0.39, 0.29) is 18.1 Å². The van der Waals surface area contributed by atoms with Crippen LogP contribution in [0.5, 0.6) is 0 Å². The molecule has 3 aliphatic rings. The third kappa shape index (κ3) is 5.50. The number of hydrogen-bond donors (Lipinski definition) is 2. The topological polar surface area (TPSA) is 75.2 Å². The minimum atomic E-state index is 0.00807. The number of likely N-dealkylation sites (N-methyl/N-ethyl adjacent to an activating group) is 1. The molecule has 0 aromatic heterocycles. The smallest absolute Gasteiger partial charge is 0.243 e. The van der Waals surface area contributed by atoms with Gasteiger partial charge in [-0.2, -0.15) is 11.8 Å². The van der Waals surface area contributed by atoms with Crippen molar-refractivity contribution in [1.29, 1.82) is 0 Å². The van der Waals surface area contributed by atoms with Gasteiger partial charge in [-0.05, 0) is 37.9 Å². The van der Waals surface area contributed by atoms with Crippen molar-refractivity contribution in [3.05, 3.63) is 0 Å². The minimum Gasteiger partial charge on any atom is -0.381 e. The molecule has 148 valence electrons. The second-order valence-corrected chi connectivity index (χ2v) is 8.76. The number of amides is 1. The first-order valence-corrected chi connectivity index (χ1v) is 10.8. The van der Waals surface area contributed by atoms with Crippen LogP contribution in [-0.4, -0.2) is 86.4 Å². The normalized spacial score (nSPS) is 30.4. The summed E-state index contributed by atoms with van der Waals surface area (Å²) in [4.78, 5) is 18.1. The Labute approximate surface area is 160 Å². The molecule has 0 bridgehead atoms. The Morgan fingerprint density at radius 2 is 1.92 bits per heavy atom. The van der Waals surface area contributed by atoms with E-state index in [4.69, 9.17) is 9.47 Å². The van der Waals surface area contributed by atoms with Crippen molar-refractivity contribution in [2.45, 2.75) is 49.8 Å². The molecule has 3 rings (SSSR count). The van der Waals surface area contributed by atoms with Crippen LogP contribution in [0, 0.1) is 0 Å². The molecule has 2 N–H and O–H groups in total. The number of rotatable bonds is 4. The van der Waals surface area contributed by atoms with Crippen molar-refractivity contribution in [3.63, 3.8) is 0 Å². The lowest BCUT2D eigenvalue weighted by atomic mass is 9.90. The maximum absolute atomic E-state index is 12.0. The molecule has 3 fully saturated rings. The number of guanidine groups is 1. The van der Waals surface area contributed by atoms with Crippen molar-refractivity contribution in [1.82, 2.24) is 15.5 Å². The van der Waals surface area contributed by atoms with Gasteiger partial charge in [-0.25, -0.2) is 4.99 Å². The highest BCUT2D eigenvalue weighted by Crippen LogP contribution is 2.38.